The van der Waals surface area contributed by atoms with Crippen LogP contribution < -0.4 is 10.0 Å². The quantitative estimate of drug-likeness (QED) is 0.383. The number of hydrogen-bond acceptors (Lipinski definition) is 7. The Morgan fingerprint density at radius 3 is 2.42 bits per heavy atom. The molecule has 180 valence electrons. The minimum absolute atomic E-state index is 0.0350. The normalized spacial score (nSPS) is 14.9. The number of rotatable bonds is 6. The van der Waals surface area contributed by atoms with Gasteiger partial charge in [-0.2, -0.15) is 0 Å². The Labute approximate surface area is 207 Å². The van der Waals surface area contributed by atoms with Crippen molar-refractivity contribution < 1.29 is 22.7 Å². The number of benzene rings is 3. The number of anilines is 2. The summed E-state index contributed by atoms with van der Waals surface area (Å²) in [5.41, 5.74) is 2.65. The largest absolute Gasteiger partial charge is 0.452 e. The summed E-state index contributed by atoms with van der Waals surface area (Å²) >= 11 is 0. The van der Waals surface area contributed by atoms with Gasteiger partial charge in [0.15, 0.2) is 0 Å². The molecule has 1 aromatic heterocycles. The Hall–Kier alpha value is -4.57. The van der Waals surface area contributed by atoms with Gasteiger partial charge in [0.1, 0.15) is 6.10 Å². The molecule has 36 heavy (non-hydrogen) atoms. The Kier molecular flexibility index (Phi) is 6.17. The van der Waals surface area contributed by atoms with Crippen LogP contribution in [0.3, 0.4) is 0 Å². The third-order valence-electron chi connectivity index (χ3n) is 5.58. The van der Waals surface area contributed by atoms with Crippen molar-refractivity contribution in [3.63, 3.8) is 0 Å². The van der Waals surface area contributed by atoms with Gasteiger partial charge in [-0.25, -0.2) is 27.9 Å². The topological polar surface area (TPSA) is 127 Å². The van der Waals surface area contributed by atoms with Gasteiger partial charge in [0.2, 0.25) is 5.95 Å². The highest BCUT2D eigenvalue weighted by Gasteiger charge is 2.28. The van der Waals surface area contributed by atoms with Crippen molar-refractivity contribution in [1.82, 2.24) is 9.97 Å². The summed E-state index contributed by atoms with van der Waals surface area (Å²) in [6.07, 6.45) is 1.16. The fourth-order valence-electron chi connectivity index (χ4n) is 3.79. The maximum absolute atomic E-state index is 12.9. The zero-order valence-corrected chi connectivity index (χ0v) is 19.6. The van der Waals surface area contributed by atoms with E-state index in [1.54, 1.807) is 42.5 Å². The summed E-state index contributed by atoms with van der Waals surface area (Å²) in [6, 6.07) is 23.1. The van der Waals surface area contributed by atoms with Gasteiger partial charge < -0.3 is 10.1 Å². The fourth-order valence-corrected chi connectivity index (χ4v) is 4.74. The van der Waals surface area contributed by atoms with E-state index in [0.29, 0.717) is 28.9 Å². The van der Waals surface area contributed by atoms with Crippen LogP contribution in [-0.2, 0) is 21.2 Å². The Morgan fingerprint density at radius 2 is 1.64 bits per heavy atom. The molecule has 1 aliphatic rings. The molecule has 5 rings (SSSR count). The van der Waals surface area contributed by atoms with Crippen molar-refractivity contribution >= 4 is 33.5 Å². The number of aromatic nitrogens is 2. The molecule has 1 atom stereocenters. The molecule has 0 saturated heterocycles. The summed E-state index contributed by atoms with van der Waals surface area (Å²) in [7, 11) is -4.01. The van der Waals surface area contributed by atoms with Crippen LogP contribution in [0.25, 0.3) is 0 Å². The molecule has 10 heteroatoms. The van der Waals surface area contributed by atoms with Crippen molar-refractivity contribution in [1.29, 1.82) is 0 Å². The van der Waals surface area contributed by atoms with Crippen molar-refractivity contribution in [2.75, 3.05) is 10.0 Å². The van der Waals surface area contributed by atoms with Crippen molar-refractivity contribution in [3.05, 3.63) is 114 Å². The molecule has 0 bridgehead atoms. The molecule has 9 nitrogen and oxygen atoms in total. The predicted molar refractivity (Wildman–Crippen MR) is 132 cm³/mol. The molecular weight excluding hydrogens is 480 g/mol. The van der Waals surface area contributed by atoms with Crippen LogP contribution in [0.4, 0.5) is 11.6 Å². The van der Waals surface area contributed by atoms with Crippen LogP contribution in [0.5, 0.6) is 0 Å². The van der Waals surface area contributed by atoms with Crippen LogP contribution >= 0.6 is 0 Å². The number of amides is 1. The molecular formula is C26H20N4O5S. The van der Waals surface area contributed by atoms with Gasteiger partial charge >= 0.3 is 5.97 Å². The molecule has 2 N–H and O–H groups in total. The first-order valence-corrected chi connectivity index (χ1v) is 12.5. The number of ether oxygens (including phenoxy) is 1. The van der Waals surface area contributed by atoms with E-state index in [1.165, 1.54) is 30.5 Å². The molecule has 3 aromatic carbocycles. The molecule has 2 heterocycles. The van der Waals surface area contributed by atoms with Crippen molar-refractivity contribution in [2.45, 2.75) is 17.4 Å². The van der Waals surface area contributed by atoms with E-state index in [0.717, 1.165) is 5.56 Å². The van der Waals surface area contributed by atoms with Crippen LogP contribution in [-0.4, -0.2) is 30.3 Å². The van der Waals surface area contributed by atoms with Gasteiger partial charge in [-0.15, -0.1) is 0 Å². The molecule has 0 fully saturated rings. The minimum Gasteiger partial charge on any atom is -0.452 e. The number of carbonyl (C=O) groups excluding carboxylic acids is 2. The number of nitrogens with zero attached hydrogens (tertiary/aromatic N) is 2. The van der Waals surface area contributed by atoms with E-state index < -0.39 is 22.1 Å². The van der Waals surface area contributed by atoms with Gasteiger partial charge in [0.05, 0.1) is 16.2 Å². The zero-order valence-electron chi connectivity index (χ0n) is 18.8. The van der Waals surface area contributed by atoms with E-state index in [4.69, 9.17) is 4.74 Å². The first-order valence-electron chi connectivity index (χ1n) is 11.0. The Balaban J connectivity index is 1.29. The smallest absolute Gasteiger partial charge is 0.339 e. The van der Waals surface area contributed by atoms with E-state index >= 15 is 0 Å². The van der Waals surface area contributed by atoms with Gasteiger partial charge in [-0.1, -0.05) is 36.4 Å². The highest BCUT2D eigenvalue weighted by molar-refractivity contribution is 7.92. The molecule has 1 amide bonds. The second kappa shape index (κ2) is 9.59. The van der Waals surface area contributed by atoms with Crippen molar-refractivity contribution in [2.24, 2.45) is 0 Å². The summed E-state index contributed by atoms with van der Waals surface area (Å²) in [5, 5.41) is 2.72. The summed E-state index contributed by atoms with van der Waals surface area (Å²) in [5.74, 6) is -0.911. The Bertz CT molecular complexity index is 1540. The number of fused-ring (bicyclic) bond motifs is 1. The van der Waals surface area contributed by atoms with E-state index in [9.17, 15) is 18.0 Å². The lowest BCUT2D eigenvalue weighted by atomic mass is 9.97. The second-order valence-corrected chi connectivity index (χ2v) is 9.69. The molecule has 1 aliphatic heterocycles. The average Bonchev–Trinajstić information content (AvgIpc) is 2.89. The predicted octanol–water partition coefficient (Wildman–Crippen LogP) is 3.98. The first kappa shape index (κ1) is 23.2. The number of sulfonamides is 1. The summed E-state index contributed by atoms with van der Waals surface area (Å²) < 4.78 is 33.6. The highest BCUT2D eigenvalue weighted by Crippen LogP contribution is 2.30. The van der Waals surface area contributed by atoms with E-state index in [1.807, 2.05) is 18.2 Å². The third kappa shape index (κ3) is 4.93. The summed E-state index contributed by atoms with van der Waals surface area (Å²) in [6.45, 7) is 0. The van der Waals surface area contributed by atoms with Crippen LogP contribution in [0.15, 0.2) is 96.0 Å². The number of cyclic esters (lactones) is 1. The van der Waals surface area contributed by atoms with Gasteiger partial charge in [-0.3, -0.25) is 4.79 Å². The number of hydrogen-bond donors (Lipinski definition) is 2. The fraction of sp³-hybridized carbons (Fsp3) is 0.0769. The highest BCUT2D eigenvalue weighted by atomic mass is 32.2. The lowest BCUT2D eigenvalue weighted by Gasteiger charge is -2.24. The average molecular weight is 501 g/mol. The van der Waals surface area contributed by atoms with Crippen LogP contribution in [0.2, 0.25) is 0 Å². The number of carbonyl (C=O) groups is 2. The van der Waals surface area contributed by atoms with Crippen LogP contribution in [0, 0.1) is 0 Å². The zero-order chi connectivity index (χ0) is 25.1. The molecule has 0 aliphatic carbocycles. The molecule has 0 radical (unpaired) electrons. The van der Waals surface area contributed by atoms with Gasteiger partial charge in [0.25, 0.3) is 15.9 Å². The van der Waals surface area contributed by atoms with Crippen LogP contribution in [0.1, 0.15) is 38.1 Å². The molecule has 0 saturated carbocycles. The molecule has 0 spiro atoms. The third-order valence-corrected chi connectivity index (χ3v) is 6.93. The van der Waals surface area contributed by atoms with Gasteiger partial charge in [0, 0.05) is 23.9 Å². The summed E-state index contributed by atoms with van der Waals surface area (Å²) in [4.78, 5) is 32.9. The molecule has 0 unspecified atom stereocenters. The molecule has 4 aromatic rings. The minimum atomic E-state index is -4.01. The second-order valence-electron chi connectivity index (χ2n) is 8.01. The number of nitrogens with one attached hydrogen (secondary N) is 2. The van der Waals surface area contributed by atoms with Gasteiger partial charge in [-0.05, 0) is 54.1 Å². The van der Waals surface area contributed by atoms with Crippen molar-refractivity contribution in [3.8, 4) is 0 Å². The standard InChI is InChI=1S/C26H20N4O5S/c31-24(17-6-2-1-3-7-17)28-19-10-12-20(13-11-19)36(33,34)30-26-27-15-14-22(29-26)23-16-18-8-4-5-9-21(18)25(32)35-23/h1-15,23H,16H2,(H,28,31)(H,27,29,30)/t23-/m0/s1. The maximum atomic E-state index is 12.9. The lowest BCUT2D eigenvalue weighted by molar-refractivity contribution is 0.0242. The monoisotopic (exact) mass is 500 g/mol. The number of esters is 1. The Morgan fingerprint density at radius 1 is 0.917 bits per heavy atom. The maximum Gasteiger partial charge on any atom is 0.339 e. The van der Waals surface area contributed by atoms with E-state index in [-0.39, 0.29) is 16.8 Å². The van der Waals surface area contributed by atoms with E-state index in [2.05, 4.69) is 20.0 Å². The first-order chi connectivity index (χ1) is 17.4. The lowest BCUT2D eigenvalue weighted by Crippen LogP contribution is -2.23. The SMILES string of the molecule is O=C(Nc1ccc(S(=O)(=O)Nc2nccc([C@@H]3Cc4ccccc4C(=O)O3)n2)cc1)c1ccccc1.